The molecule has 1 fully saturated rings. The Morgan fingerprint density at radius 1 is 1.08 bits per heavy atom. The van der Waals surface area contributed by atoms with Gasteiger partial charge in [-0.2, -0.15) is 0 Å². The molecule has 3 rings (SSSR count). The number of piperidine rings is 1. The number of para-hydroxylation sites is 2. The van der Waals surface area contributed by atoms with Gasteiger partial charge in [0.15, 0.2) is 11.6 Å². The standard InChI is InChI=1S/C20H22FNO3/c1-24-18-8-4-2-6-16(18)20(23)22-12-10-15(11-13-22)14-25-19-9-5-3-7-17(19)21/h2-9,15H,10-14H2,1H3. The number of ether oxygens (including phenoxy) is 2. The summed E-state index contributed by atoms with van der Waals surface area (Å²) in [5, 5.41) is 0. The van der Waals surface area contributed by atoms with E-state index >= 15 is 0 Å². The molecule has 0 unspecified atom stereocenters. The molecule has 2 aromatic rings. The van der Waals surface area contributed by atoms with Gasteiger partial charge in [0.05, 0.1) is 19.3 Å². The highest BCUT2D eigenvalue weighted by Crippen LogP contribution is 2.24. The van der Waals surface area contributed by atoms with Crippen LogP contribution in [0.15, 0.2) is 48.5 Å². The highest BCUT2D eigenvalue weighted by atomic mass is 19.1. The number of nitrogens with zero attached hydrogens (tertiary/aromatic N) is 1. The number of hydrogen-bond donors (Lipinski definition) is 0. The van der Waals surface area contributed by atoms with Gasteiger partial charge in [0.1, 0.15) is 5.75 Å². The molecule has 0 radical (unpaired) electrons. The number of carbonyl (C=O) groups excluding carboxylic acids is 1. The van der Waals surface area contributed by atoms with Crippen molar-refractivity contribution in [2.24, 2.45) is 5.92 Å². The lowest BCUT2D eigenvalue weighted by Crippen LogP contribution is -2.39. The second-order valence-corrected chi connectivity index (χ2v) is 6.18. The Morgan fingerprint density at radius 2 is 1.72 bits per heavy atom. The third kappa shape index (κ3) is 4.10. The fourth-order valence-electron chi connectivity index (χ4n) is 3.06. The van der Waals surface area contributed by atoms with Crippen LogP contribution in [0, 0.1) is 11.7 Å². The molecule has 132 valence electrons. The van der Waals surface area contributed by atoms with Crippen molar-refractivity contribution >= 4 is 5.91 Å². The molecule has 0 atom stereocenters. The number of benzene rings is 2. The molecule has 1 aliphatic heterocycles. The zero-order valence-corrected chi connectivity index (χ0v) is 14.3. The van der Waals surface area contributed by atoms with E-state index in [-0.39, 0.29) is 17.5 Å². The fraction of sp³-hybridized carbons (Fsp3) is 0.350. The molecule has 1 aliphatic rings. The molecule has 4 nitrogen and oxygen atoms in total. The van der Waals surface area contributed by atoms with E-state index in [1.54, 1.807) is 37.4 Å². The van der Waals surface area contributed by atoms with Gasteiger partial charge in [-0.15, -0.1) is 0 Å². The van der Waals surface area contributed by atoms with E-state index in [9.17, 15) is 9.18 Å². The summed E-state index contributed by atoms with van der Waals surface area (Å²) in [6.07, 6.45) is 1.69. The first-order valence-corrected chi connectivity index (χ1v) is 8.48. The summed E-state index contributed by atoms with van der Waals surface area (Å²) in [5.41, 5.74) is 0.589. The lowest BCUT2D eigenvalue weighted by atomic mass is 9.97. The summed E-state index contributed by atoms with van der Waals surface area (Å²) in [5.74, 6) is 0.853. The normalized spacial score (nSPS) is 15.0. The van der Waals surface area contributed by atoms with E-state index in [1.807, 2.05) is 17.0 Å². The molecule has 0 bridgehead atoms. The van der Waals surface area contributed by atoms with Crippen molar-refractivity contribution < 1.29 is 18.7 Å². The Morgan fingerprint density at radius 3 is 2.40 bits per heavy atom. The quantitative estimate of drug-likeness (QED) is 0.830. The molecule has 0 saturated carbocycles. The average molecular weight is 343 g/mol. The third-order valence-electron chi connectivity index (χ3n) is 4.55. The minimum absolute atomic E-state index is 0.00841. The molecule has 1 saturated heterocycles. The van der Waals surface area contributed by atoms with Crippen molar-refractivity contribution in [2.75, 3.05) is 26.8 Å². The zero-order valence-electron chi connectivity index (χ0n) is 14.3. The minimum atomic E-state index is -0.341. The van der Waals surface area contributed by atoms with Gasteiger partial charge >= 0.3 is 0 Å². The fourth-order valence-corrected chi connectivity index (χ4v) is 3.06. The molecule has 1 amide bonds. The van der Waals surface area contributed by atoms with Crippen LogP contribution >= 0.6 is 0 Å². The second-order valence-electron chi connectivity index (χ2n) is 6.18. The number of methoxy groups -OCH3 is 1. The Kier molecular flexibility index (Phi) is 5.53. The van der Waals surface area contributed by atoms with E-state index in [0.717, 1.165) is 12.8 Å². The van der Waals surface area contributed by atoms with Gasteiger partial charge in [0, 0.05) is 13.1 Å². The second kappa shape index (κ2) is 8.01. The first-order chi connectivity index (χ1) is 12.2. The lowest BCUT2D eigenvalue weighted by Gasteiger charge is -2.32. The predicted molar refractivity (Wildman–Crippen MR) is 93.5 cm³/mol. The maximum atomic E-state index is 13.6. The molecule has 2 aromatic carbocycles. The first-order valence-electron chi connectivity index (χ1n) is 8.48. The number of amides is 1. The summed E-state index contributed by atoms with van der Waals surface area (Å²) in [4.78, 5) is 14.5. The van der Waals surface area contributed by atoms with Gasteiger partial charge in [-0.1, -0.05) is 24.3 Å². The van der Waals surface area contributed by atoms with E-state index in [0.29, 0.717) is 36.9 Å². The summed E-state index contributed by atoms with van der Waals surface area (Å²) in [6.45, 7) is 1.81. The summed E-state index contributed by atoms with van der Waals surface area (Å²) in [6, 6.07) is 13.7. The lowest BCUT2D eigenvalue weighted by molar-refractivity contribution is 0.0656. The van der Waals surface area contributed by atoms with E-state index in [4.69, 9.17) is 9.47 Å². The molecular formula is C20H22FNO3. The number of halogens is 1. The Labute approximate surface area is 147 Å². The van der Waals surface area contributed by atoms with Crippen LogP contribution in [0.4, 0.5) is 4.39 Å². The van der Waals surface area contributed by atoms with E-state index < -0.39 is 0 Å². The highest BCUT2D eigenvalue weighted by molar-refractivity contribution is 5.97. The van der Waals surface area contributed by atoms with Gasteiger partial charge < -0.3 is 14.4 Å². The maximum absolute atomic E-state index is 13.6. The largest absolute Gasteiger partial charge is 0.496 e. The Balaban J connectivity index is 1.53. The molecule has 5 heteroatoms. The van der Waals surface area contributed by atoms with Crippen LogP contribution in [0.5, 0.6) is 11.5 Å². The maximum Gasteiger partial charge on any atom is 0.257 e. The predicted octanol–water partition coefficient (Wildman–Crippen LogP) is 3.77. The molecule has 0 aromatic heterocycles. The van der Waals surface area contributed by atoms with Gasteiger partial charge in [0.2, 0.25) is 0 Å². The van der Waals surface area contributed by atoms with Crippen molar-refractivity contribution in [1.82, 2.24) is 4.90 Å². The van der Waals surface area contributed by atoms with Crippen LogP contribution in [-0.4, -0.2) is 37.6 Å². The number of rotatable bonds is 5. The molecule has 1 heterocycles. The number of carbonyl (C=O) groups is 1. The zero-order chi connectivity index (χ0) is 17.6. The first kappa shape index (κ1) is 17.3. The summed E-state index contributed by atoms with van der Waals surface area (Å²) >= 11 is 0. The molecule has 0 aliphatic carbocycles. The highest BCUT2D eigenvalue weighted by Gasteiger charge is 2.25. The topological polar surface area (TPSA) is 38.8 Å². The number of hydrogen-bond acceptors (Lipinski definition) is 3. The Bertz CT molecular complexity index is 726. The van der Waals surface area contributed by atoms with Crippen molar-refractivity contribution in [3.63, 3.8) is 0 Å². The van der Waals surface area contributed by atoms with Crippen LogP contribution < -0.4 is 9.47 Å². The van der Waals surface area contributed by atoms with Crippen molar-refractivity contribution in [3.8, 4) is 11.5 Å². The average Bonchev–Trinajstić information content (AvgIpc) is 2.67. The molecule has 25 heavy (non-hydrogen) atoms. The van der Waals surface area contributed by atoms with Crippen LogP contribution in [0.25, 0.3) is 0 Å². The third-order valence-corrected chi connectivity index (χ3v) is 4.55. The van der Waals surface area contributed by atoms with Crippen LogP contribution in [0.3, 0.4) is 0 Å². The van der Waals surface area contributed by atoms with Gasteiger partial charge in [-0.25, -0.2) is 4.39 Å². The van der Waals surface area contributed by atoms with Crippen molar-refractivity contribution in [3.05, 3.63) is 59.9 Å². The molecule has 0 spiro atoms. The van der Waals surface area contributed by atoms with Gasteiger partial charge in [-0.05, 0) is 43.0 Å². The van der Waals surface area contributed by atoms with Crippen LogP contribution in [0.1, 0.15) is 23.2 Å². The van der Waals surface area contributed by atoms with Crippen LogP contribution in [0.2, 0.25) is 0 Å². The summed E-state index contributed by atoms with van der Waals surface area (Å²) in [7, 11) is 1.57. The molecule has 0 N–H and O–H groups in total. The monoisotopic (exact) mass is 343 g/mol. The van der Waals surface area contributed by atoms with Gasteiger partial charge in [-0.3, -0.25) is 4.79 Å². The van der Waals surface area contributed by atoms with E-state index in [1.165, 1.54) is 6.07 Å². The van der Waals surface area contributed by atoms with Crippen molar-refractivity contribution in [2.45, 2.75) is 12.8 Å². The van der Waals surface area contributed by atoms with Gasteiger partial charge in [0.25, 0.3) is 5.91 Å². The Hall–Kier alpha value is -2.56. The minimum Gasteiger partial charge on any atom is -0.496 e. The molecular weight excluding hydrogens is 321 g/mol. The SMILES string of the molecule is COc1ccccc1C(=O)N1CCC(COc2ccccc2F)CC1. The van der Waals surface area contributed by atoms with Crippen molar-refractivity contribution in [1.29, 1.82) is 0 Å². The number of likely N-dealkylation sites (tertiary alicyclic amines) is 1. The summed E-state index contributed by atoms with van der Waals surface area (Å²) < 4.78 is 24.4. The van der Waals surface area contributed by atoms with Crippen LogP contribution in [-0.2, 0) is 0 Å². The van der Waals surface area contributed by atoms with E-state index in [2.05, 4.69) is 0 Å². The smallest absolute Gasteiger partial charge is 0.257 e.